The van der Waals surface area contributed by atoms with Crippen LogP contribution in [0.2, 0.25) is 0 Å². The summed E-state index contributed by atoms with van der Waals surface area (Å²) in [4.78, 5) is 34.7. The number of amides is 1. The minimum atomic E-state index is -0.838. The van der Waals surface area contributed by atoms with Gasteiger partial charge in [0.05, 0.1) is 16.7 Å². The van der Waals surface area contributed by atoms with E-state index < -0.39 is 22.9 Å². The number of non-ortho nitro benzene ring substituents is 1. The van der Waals surface area contributed by atoms with Crippen molar-refractivity contribution in [2.75, 3.05) is 5.32 Å². The van der Waals surface area contributed by atoms with Crippen molar-refractivity contribution >= 4 is 23.3 Å². The molecular formula is C22H16N4O7. The number of ether oxygens (including phenoxy) is 1. The van der Waals surface area contributed by atoms with Gasteiger partial charge in [-0.1, -0.05) is 0 Å². The van der Waals surface area contributed by atoms with Crippen LogP contribution in [0.25, 0.3) is 11.5 Å². The number of rotatable bonds is 7. The summed E-state index contributed by atoms with van der Waals surface area (Å²) in [5, 5.41) is 21.2. The van der Waals surface area contributed by atoms with E-state index in [1.807, 2.05) is 0 Å². The van der Waals surface area contributed by atoms with Crippen LogP contribution in [-0.4, -0.2) is 27.0 Å². The van der Waals surface area contributed by atoms with Gasteiger partial charge in [0.15, 0.2) is 11.9 Å². The summed E-state index contributed by atoms with van der Waals surface area (Å²) in [6, 6.07) is 14.9. The Labute approximate surface area is 186 Å². The molecule has 1 N–H and O–H groups in total. The zero-order valence-corrected chi connectivity index (χ0v) is 17.1. The number of esters is 1. The van der Waals surface area contributed by atoms with Crippen molar-refractivity contribution in [3.63, 3.8) is 0 Å². The number of hydrogen-bond acceptors (Lipinski definition) is 9. The van der Waals surface area contributed by atoms with Crippen molar-refractivity contribution < 1.29 is 28.1 Å². The van der Waals surface area contributed by atoms with E-state index in [2.05, 4.69) is 15.5 Å². The van der Waals surface area contributed by atoms with Crippen molar-refractivity contribution in [3.8, 4) is 11.5 Å². The second-order valence-corrected chi connectivity index (χ2v) is 6.81. The average molecular weight is 448 g/mol. The van der Waals surface area contributed by atoms with Crippen molar-refractivity contribution in [2.45, 2.75) is 13.0 Å². The van der Waals surface area contributed by atoms with Crippen molar-refractivity contribution in [3.05, 3.63) is 94.3 Å². The van der Waals surface area contributed by atoms with E-state index in [-0.39, 0.29) is 28.8 Å². The lowest BCUT2D eigenvalue weighted by atomic mass is 10.2. The van der Waals surface area contributed by atoms with Gasteiger partial charge in [0.25, 0.3) is 17.5 Å². The van der Waals surface area contributed by atoms with Crippen LogP contribution in [0, 0.1) is 10.1 Å². The topological polar surface area (TPSA) is 151 Å². The molecule has 166 valence electrons. The predicted molar refractivity (Wildman–Crippen MR) is 113 cm³/mol. The molecule has 11 heteroatoms. The maximum Gasteiger partial charge on any atom is 0.338 e. The molecule has 1 amide bonds. The summed E-state index contributed by atoms with van der Waals surface area (Å²) in [6.45, 7) is 1.57. The lowest BCUT2D eigenvalue weighted by Crippen LogP contribution is -2.12. The molecule has 0 aliphatic rings. The highest BCUT2D eigenvalue weighted by molar-refractivity contribution is 6.02. The molecular weight excluding hydrogens is 432 g/mol. The quantitative estimate of drug-likeness (QED) is 0.246. The highest BCUT2D eigenvalue weighted by Crippen LogP contribution is 2.25. The van der Waals surface area contributed by atoms with E-state index in [1.165, 1.54) is 48.7 Å². The summed E-state index contributed by atoms with van der Waals surface area (Å²) < 4.78 is 15.9. The molecule has 0 bridgehead atoms. The SMILES string of the molecule is CC(OC(=O)c1ccc(NC(=O)c2ccco2)cc1)c1nnc(-c2ccc([N+](=O)[O-])cc2)o1. The normalized spacial score (nSPS) is 11.5. The van der Waals surface area contributed by atoms with E-state index in [4.69, 9.17) is 13.6 Å². The third-order valence-corrected chi connectivity index (χ3v) is 4.52. The number of nitro benzene ring substituents is 1. The first-order chi connectivity index (χ1) is 15.9. The Morgan fingerprint density at radius 2 is 1.79 bits per heavy atom. The molecule has 33 heavy (non-hydrogen) atoms. The van der Waals surface area contributed by atoms with Crippen LogP contribution in [0.4, 0.5) is 11.4 Å². The molecule has 0 saturated heterocycles. The van der Waals surface area contributed by atoms with Gasteiger partial charge in [-0.25, -0.2) is 4.79 Å². The molecule has 11 nitrogen and oxygen atoms in total. The molecule has 0 saturated carbocycles. The summed E-state index contributed by atoms with van der Waals surface area (Å²) >= 11 is 0. The Kier molecular flexibility index (Phi) is 5.94. The fraction of sp³-hybridized carbons (Fsp3) is 0.0909. The van der Waals surface area contributed by atoms with Gasteiger partial charge in [-0.2, -0.15) is 0 Å². The Morgan fingerprint density at radius 1 is 1.06 bits per heavy atom. The number of nitrogens with zero attached hydrogens (tertiary/aromatic N) is 3. The van der Waals surface area contributed by atoms with E-state index in [1.54, 1.807) is 25.1 Å². The number of nitro groups is 1. The minimum Gasteiger partial charge on any atom is -0.459 e. The van der Waals surface area contributed by atoms with Crippen molar-refractivity contribution in [2.24, 2.45) is 0 Å². The van der Waals surface area contributed by atoms with E-state index in [9.17, 15) is 19.7 Å². The van der Waals surface area contributed by atoms with Crippen LogP contribution in [0.3, 0.4) is 0 Å². The van der Waals surface area contributed by atoms with Crippen molar-refractivity contribution in [1.82, 2.24) is 10.2 Å². The van der Waals surface area contributed by atoms with E-state index >= 15 is 0 Å². The van der Waals surface area contributed by atoms with Gasteiger partial charge < -0.3 is 18.9 Å². The van der Waals surface area contributed by atoms with Gasteiger partial charge in [-0.05, 0) is 55.5 Å². The second-order valence-electron chi connectivity index (χ2n) is 6.81. The van der Waals surface area contributed by atoms with E-state index in [0.717, 1.165) is 0 Å². The molecule has 0 radical (unpaired) electrons. The lowest BCUT2D eigenvalue weighted by molar-refractivity contribution is -0.384. The number of carbonyl (C=O) groups is 2. The van der Waals surface area contributed by atoms with Crippen LogP contribution in [-0.2, 0) is 4.74 Å². The Hall–Kier alpha value is -4.80. The Balaban J connectivity index is 1.37. The molecule has 2 aromatic carbocycles. The van der Waals surface area contributed by atoms with Crippen LogP contribution in [0.1, 0.15) is 39.8 Å². The smallest absolute Gasteiger partial charge is 0.338 e. The fourth-order valence-corrected chi connectivity index (χ4v) is 2.81. The van der Waals surface area contributed by atoms with Gasteiger partial charge in [0.2, 0.25) is 5.89 Å². The summed E-state index contributed by atoms with van der Waals surface area (Å²) in [5.74, 6) is -0.663. The number of nitrogens with one attached hydrogen (secondary N) is 1. The highest BCUT2D eigenvalue weighted by atomic mass is 16.6. The van der Waals surface area contributed by atoms with Gasteiger partial charge in [-0.15, -0.1) is 10.2 Å². The largest absolute Gasteiger partial charge is 0.459 e. The molecule has 0 aliphatic heterocycles. The first kappa shape index (κ1) is 21.4. The Bertz CT molecular complexity index is 1280. The number of anilines is 1. The second kappa shape index (κ2) is 9.14. The first-order valence-corrected chi connectivity index (χ1v) is 9.65. The maximum absolute atomic E-state index is 12.4. The average Bonchev–Trinajstić information content (AvgIpc) is 3.52. The zero-order chi connectivity index (χ0) is 23.4. The molecule has 0 aliphatic carbocycles. The van der Waals surface area contributed by atoms with Gasteiger partial charge in [0.1, 0.15) is 0 Å². The third-order valence-electron chi connectivity index (χ3n) is 4.52. The molecule has 1 atom stereocenters. The summed E-state index contributed by atoms with van der Waals surface area (Å²) in [5.41, 5.74) is 1.16. The fourth-order valence-electron chi connectivity index (χ4n) is 2.81. The molecule has 4 aromatic rings. The maximum atomic E-state index is 12.4. The monoisotopic (exact) mass is 448 g/mol. The summed E-state index contributed by atoms with van der Waals surface area (Å²) in [7, 11) is 0. The number of benzene rings is 2. The number of furan rings is 1. The molecule has 1 unspecified atom stereocenters. The summed E-state index contributed by atoms with van der Waals surface area (Å²) in [6.07, 6.45) is 0.558. The molecule has 2 aromatic heterocycles. The number of hydrogen-bond donors (Lipinski definition) is 1. The van der Waals surface area contributed by atoms with Gasteiger partial charge in [0, 0.05) is 23.4 Å². The van der Waals surface area contributed by atoms with Gasteiger partial charge in [-0.3, -0.25) is 14.9 Å². The molecule has 0 spiro atoms. The Morgan fingerprint density at radius 3 is 2.42 bits per heavy atom. The minimum absolute atomic E-state index is 0.0627. The first-order valence-electron chi connectivity index (χ1n) is 9.65. The lowest BCUT2D eigenvalue weighted by Gasteiger charge is -2.10. The third kappa shape index (κ3) is 4.93. The van der Waals surface area contributed by atoms with Crippen molar-refractivity contribution in [1.29, 1.82) is 0 Å². The van der Waals surface area contributed by atoms with Crippen LogP contribution < -0.4 is 5.32 Å². The highest BCUT2D eigenvalue weighted by Gasteiger charge is 2.20. The standard InChI is InChI=1S/C22H16N4O7/c1-13(20-24-25-21(33-20)14-6-10-17(11-7-14)26(29)30)32-22(28)15-4-8-16(9-5-15)23-19(27)18-3-2-12-31-18/h2-13H,1H3,(H,23,27). The van der Waals surface area contributed by atoms with Crippen LogP contribution >= 0.6 is 0 Å². The van der Waals surface area contributed by atoms with E-state index in [0.29, 0.717) is 11.3 Å². The van der Waals surface area contributed by atoms with Crippen LogP contribution in [0.15, 0.2) is 75.8 Å². The van der Waals surface area contributed by atoms with Crippen LogP contribution in [0.5, 0.6) is 0 Å². The molecule has 0 fully saturated rings. The molecule has 4 rings (SSSR count). The number of carbonyl (C=O) groups excluding carboxylic acids is 2. The van der Waals surface area contributed by atoms with Gasteiger partial charge >= 0.3 is 5.97 Å². The molecule has 2 heterocycles. The zero-order valence-electron chi connectivity index (χ0n) is 17.1. The number of aromatic nitrogens is 2. The predicted octanol–water partition coefficient (Wildman–Crippen LogP) is 4.41.